The molecule has 0 spiro atoms. The Kier molecular flexibility index (Phi) is 1.14. The van der Waals surface area contributed by atoms with Crippen LogP contribution in [0.1, 0.15) is 0 Å². The molecule has 1 nitrogen and oxygen atoms in total. The fraction of sp³-hybridized carbons (Fsp3) is 0. The summed E-state index contributed by atoms with van der Waals surface area (Å²) in [6.07, 6.45) is 1.81. The zero-order valence-electron chi connectivity index (χ0n) is 5.49. The van der Waals surface area contributed by atoms with Crippen molar-refractivity contribution in [1.82, 2.24) is 4.98 Å². The molecular weight excluding hydrogens is 131 g/mol. The van der Waals surface area contributed by atoms with Crippen molar-refractivity contribution < 1.29 is 0 Å². The van der Waals surface area contributed by atoms with Crippen LogP contribution in [0.3, 0.4) is 0 Å². The minimum absolute atomic E-state index is 1.06. The molecule has 0 N–H and O–H groups in total. The molecule has 0 aliphatic rings. The highest BCUT2D eigenvalue weighted by atomic mass is 15.1. The average Bonchev–Trinajstić information content (AvgIpc) is 2.05. The first-order valence-electron chi connectivity index (χ1n) is 3.26. The average molecular weight is 138 g/mol. The highest BCUT2D eigenvalue weighted by molar-refractivity contribution is 5.77. The molecule has 2 aromatic rings. The van der Waals surface area contributed by atoms with Crippen LogP contribution in [0.4, 0.5) is 0 Å². The van der Waals surface area contributed by atoms with Gasteiger partial charge in [0, 0.05) is 11.6 Å². The zero-order chi connectivity index (χ0) is 6.81. The first-order chi connectivity index (χ1) is 4.97. The van der Waals surface area contributed by atoms with E-state index in [-0.39, 0.29) is 0 Å². The summed E-state index contributed by atoms with van der Waals surface area (Å²) in [5.41, 5.74) is 1.06. The number of hydrogen-bond donors (Lipinski definition) is 0. The van der Waals surface area contributed by atoms with Gasteiger partial charge in [0.1, 0.15) is 0 Å². The van der Waals surface area contributed by atoms with Gasteiger partial charge >= 0.3 is 0 Å². The van der Waals surface area contributed by atoms with E-state index in [9.17, 15) is 0 Å². The van der Waals surface area contributed by atoms with Crippen LogP contribution in [-0.2, 0) is 0 Å². The van der Waals surface area contributed by atoms with E-state index in [0.29, 0.717) is 0 Å². The number of aromatic nitrogens is 1. The second-order valence-electron chi connectivity index (χ2n) is 2.20. The zero-order valence-corrected chi connectivity index (χ0v) is 5.49. The minimum Gasteiger partial charge on any atom is -0.256 e. The van der Waals surface area contributed by atoms with Crippen LogP contribution in [0.5, 0.6) is 0 Å². The largest absolute Gasteiger partial charge is 0.256 e. The summed E-state index contributed by atoms with van der Waals surface area (Å²) in [4.78, 5) is 4.18. The molecule has 0 amide bonds. The molecule has 10 heavy (non-hydrogen) atoms. The van der Waals surface area contributed by atoms with Gasteiger partial charge in [-0.15, -0.1) is 0 Å². The van der Waals surface area contributed by atoms with Crippen LogP contribution in [-0.4, -0.2) is 4.98 Å². The SMILES string of the molecule is [13cH]1[13cH][13cH][13c]2n[13cH][13cH][13cH][13c]2[13cH]1. The van der Waals surface area contributed by atoms with E-state index < -0.39 is 0 Å². The second-order valence-corrected chi connectivity index (χ2v) is 2.20. The van der Waals surface area contributed by atoms with E-state index >= 15 is 0 Å². The predicted octanol–water partition coefficient (Wildman–Crippen LogP) is 2.23. The number of fused-ring (bicyclic) bond motifs is 1. The predicted molar refractivity (Wildman–Crippen MR) is 41.7 cm³/mol. The van der Waals surface area contributed by atoms with Crippen molar-refractivity contribution in [3.8, 4) is 0 Å². The van der Waals surface area contributed by atoms with Gasteiger partial charge in [-0.1, -0.05) is 24.3 Å². The van der Waals surface area contributed by atoms with Gasteiger partial charge < -0.3 is 0 Å². The number of benzene rings is 1. The van der Waals surface area contributed by atoms with Crippen molar-refractivity contribution in [2.45, 2.75) is 0 Å². The maximum absolute atomic E-state index is 4.18. The van der Waals surface area contributed by atoms with Gasteiger partial charge in [-0.3, -0.25) is 4.98 Å². The Morgan fingerprint density at radius 2 is 1.70 bits per heavy atom. The second kappa shape index (κ2) is 2.10. The van der Waals surface area contributed by atoms with Crippen LogP contribution in [0.2, 0.25) is 0 Å². The van der Waals surface area contributed by atoms with Crippen molar-refractivity contribution in [1.29, 1.82) is 0 Å². The Labute approximate surface area is 59.3 Å². The van der Waals surface area contributed by atoms with Crippen molar-refractivity contribution in [2.24, 2.45) is 0 Å². The van der Waals surface area contributed by atoms with Gasteiger partial charge in [-0.25, -0.2) is 0 Å². The van der Waals surface area contributed by atoms with Crippen molar-refractivity contribution in [3.05, 3.63) is 42.6 Å². The van der Waals surface area contributed by atoms with E-state index in [1.807, 2.05) is 30.5 Å². The first kappa shape index (κ1) is 5.42. The minimum atomic E-state index is 1.06. The van der Waals surface area contributed by atoms with Gasteiger partial charge in [-0.2, -0.15) is 0 Å². The van der Waals surface area contributed by atoms with E-state index in [4.69, 9.17) is 0 Å². The highest BCUT2D eigenvalue weighted by Crippen LogP contribution is 2.07. The van der Waals surface area contributed by atoms with E-state index in [1.165, 1.54) is 5.39 Å². The molecule has 0 radical (unpaired) electrons. The molecule has 0 fully saturated rings. The number of pyridine rings is 1. The maximum Gasteiger partial charge on any atom is 0.0701 e. The first-order valence-corrected chi connectivity index (χ1v) is 3.26. The van der Waals surface area contributed by atoms with Crippen LogP contribution in [0.15, 0.2) is 42.6 Å². The maximum atomic E-state index is 4.18. The lowest BCUT2D eigenvalue weighted by Gasteiger charge is -1.91. The number of hydrogen-bond acceptors (Lipinski definition) is 1. The molecule has 0 unspecified atom stereocenters. The Bertz CT molecular complexity index is 276. The summed E-state index contributed by atoms with van der Waals surface area (Å²) in [6.45, 7) is 0. The Morgan fingerprint density at radius 1 is 0.900 bits per heavy atom. The fourth-order valence-electron chi connectivity index (χ4n) is 1.02. The summed E-state index contributed by atoms with van der Waals surface area (Å²) >= 11 is 0. The lowest BCUT2D eigenvalue weighted by Crippen LogP contribution is -1.73. The molecule has 0 aliphatic heterocycles. The number of nitrogens with zero attached hydrogens (tertiary/aromatic N) is 1. The topological polar surface area (TPSA) is 12.9 Å². The third kappa shape index (κ3) is 0.760. The summed E-state index contributed by atoms with van der Waals surface area (Å²) in [6, 6.07) is 12.1. The van der Waals surface area contributed by atoms with Crippen molar-refractivity contribution >= 4 is 10.9 Å². The lowest BCUT2D eigenvalue weighted by molar-refractivity contribution is 1.41. The molecular formula is C9H7N. The molecule has 0 saturated heterocycles. The van der Waals surface area contributed by atoms with Crippen LogP contribution < -0.4 is 0 Å². The smallest absolute Gasteiger partial charge is 0.0701 e. The van der Waals surface area contributed by atoms with Gasteiger partial charge in [-0.05, 0) is 12.1 Å². The number of rotatable bonds is 0. The molecule has 1 heteroatoms. The molecule has 1 aromatic heterocycles. The molecule has 2 rings (SSSR count). The quantitative estimate of drug-likeness (QED) is 0.544. The van der Waals surface area contributed by atoms with Crippen LogP contribution in [0.25, 0.3) is 10.9 Å². The van der Waals surface area contributed by atoms with E-state index in [1.54, 1.807) is 0 Å². The summed E-state index contributed by atoms with van der Waals surface area (Å²) in [5.74, 6) is 0. The molecule has 0 atom stereocenters. The molecule has 1 aromatic carbocycles. The van der Waals surface area contributed by atoms with Crippen LogP contribution in [0, 0.1) is 0 Å². The molecule has 0 aliphatic carbocycles. The van der Waals surface area contributed by atoms with E-state index in [0.717, 1.165) is 5.52 Å². The third-order valence-electron chi connectivity index (χ3n) is 1.51. The van der Waals surface area contributed by atoms with Crippen molar-refractivity contribution in [2.75, 3.05) is 0 Å². The summed E-state index contributed by atoms with van der Waals surface area (Å²) in [7, 11) is 0. The highest BCUT2D eigenvalue weighted by Gasteiger charge is 1.86. The molecule has 48 valence electrons. The third-order valence-corrected chi connectivity index (χ3v) is 1.51. The summed E-state index contributed by atoms with van der Waals surface area (Å²) in [5, 5.41) is 1.20. The van der Waals surface area contributed by atoms with Gasteiger partial charge in [0.15, 0.2) is 0 Å². The summed E-state index contributed by atoms with van der Waals surface area (Å²) < 4.78 is 0. The molecule has 0 bridgehead atoms. The van der Waals surface area contributed by atoms with Gasteiger partial charge in [0.25, 0.3) is 0 Å². The Balaban J connectivity index is 2.89. The monoisotopic (exact) mass is 138 g/mol. The molecule has 1 heterocycles. The fourth-order valence-corrected chi connectivity index (χ4v) is 1.02. The van der Waals surface area contributed by atoms with Crippen molar-refractivity contribution in [3.63, 3.8) is 0 Å². The number of para-hydroxylation sites is 1. The van der Waals surface area contributed by atoms with Gasteiger partial charge in [0.05, 0.1) is 5.52 Å². The lowest BCUT2D eigenvalue weighted by atomic mass is 11.2. The van der Waals surface area contributed by atoms with E-state index in [2.05, 4.69) is 17.1 Å². The standard InChI is InChI=1S/C9H7N/c1-2-6-9-8(4-1)5-3-7-10-9/h1-7H/i1+1,2+1,3+1,4+1,5+1,6+1,7+1,8+1,9+1. The molecule has 0 saturated carbocycles. The van der Waals surface area contributed by atoms with Gasteiger partial charge in [0.2, 0.25) is 0 Å². The Hall–Kier alpha value is -1.37. The Morgan fingerprint density at radius 3 is 2.60 bits per heavy atom. The normalized spacial score (nSPS) is 10.0. The van der Waals surface area contributed by atoms with Crippen LogP contribution >= 0.6 is 0 Å².